The predicted octanol–water partition coefficient (Wildman–Crippen LogP) is 11.8. The lowest BCUT2D eigenvalue weighted by molar-refractivity contribution is 0.669. The molecular formula is C46H35N3OSi. The van der Waals surface area contributed by atoms with E-state index in [1.165, 1.54) is 27.1 Å². The lowest BCUT2D eigenvalue weighted by Gasteiger charge is -2.21. The summed E-state index contributed by atoms with van der Waals surface area (Å²) >= 11 is 0. The highest BCUT2D eigenvalue weighted by Gasteiger charge is 2.20. The van der Waals surface area contributed by atoms with Crippen molar-refractivity contribution >= 4 is 46.0 Å². The predicted molar refractivity (Wildman–Crippen MR) is 215 cm³/mol. The molecule has 0 aliphatic heterocycles. The van der Waals surface area contributed by atoms with Gasteiger partial charge in [0.2, 0.25) is 0 Å². The molecule has 0 saturated carbocycles. The van der Waals surface area contributed by atoms with Crippen molar-refractivity contribution in [3.8, 4) is 56.4 Å². The van der Waals surface area contributed by atoms with E-state index >= 15 is 0 Å². The monoisotopic (exact) mass is 673 g/mol. The molecule has 0 saturated heterocycles. The van der Waals surface area contributed by atoms with Crippen LogP contribution < -0.4 is 5.19 Å². The molecule has 9 aromatic rings. The van der Waals surface area contributed by atoms with Crippen molar-refractivity contribution in [3.05, 3.63) is 158 Å². The van der Waals surface area contributed by atoms with Gasteiger partial charge in [0, 0.05) is 27.5 Å². The van der Waals surface area contributed by atoms with Crippen LogP contribution in [0.5, 0.6) is 0 Å². The Labute approximate surface area is 298 Å². The Hall–Kier alpha value is -6.17. The van der Waals surface area contributed by atoms with Crippen molar-refractivity contribution in [2.24, 2.45) is 0 Å². The molecule has 244 valence electrons. The molecule has 0 amide bonds. The first-order valence-corrected chi connectivity index (χ1v) is 20.9. The molecule has 0 aliphatic carbocycles. The number of para-hydroxylation sites is 1. The zero-order valence-electron chi connectivity index (χ0n) is 28.8. The summed E-state index contributed by atoms with van der Waals surface area (Å²) in [6.07, 6.45) is 0. The van der Waals surface area contributed by atoms with E-state index < -0.39 is 8.07 Å². The number of hydrogen-bond acceptors (Lipinski definition) is 4. The van der Waals surface area contributed by atoms with Crippen LogP contribution in [0.15, 0.2) is 162 Å². The standard InChI is InChI=1S/C46H35N3OSi/c1-51(2,3)43-27-25-36(37-16-7-8-18-39(37)43)31-22-20-30(21-23-31)33-14-11-15-34(28-33)45-47-44(32-12-5-4-6-13-32)48-46(49-45)35-24-26-42-40(29-35)38-17-9-10-19-41(38)50-42/h4-29H,1-3H3. The van der Waals surface area contributed by atoms with Gasteiger partial charge in [-0.05, 0) is 63.4 Å². The van der Waals surface area contributed by atoms with Gasteiger partial charge in [0.1, 0.15) is 11.2 Å². The fourth-order valence-corrected chi connectivity index (χ4v) is 8.71. The molecule has 0 atom stereocenters. The molecule has 51 heavy (non-hydrogen) atoms. The highest BCUT2D eigenvalue weighted by atomic mass is 28.3. The van der Waals surface area contributed by atoms with Gasteiger partial charge in [-0.3, -0.25) is 0 Å². The van der Waals surface area contributed by atoms with Gasteiger partial charge in [-0.25, -0.2) is 15.0 Å². The van der Waals surface area contributed by atoms with Crippen molar-refractivity contribution in [3.63, 3.8) is 0 Å². The van der Waals surface area contributed by atoms with Crippen LogP contribution in [0.4, 0.5) is 0 Å². The van der Waals surface area contributed by atoms with Gasteiger partial charge in [0.15, 0.2) is 17.5 Å². The minimum atomic E-state index is -1.49. The zero-order chi connectivity index (χ0) is 34.5. The largest absolute Gasteiger partial charge is 0.456 e. The summed E-state index contributed by atoms with van der Waals surface area (Å²) in [5.74, 6) is 1.88. The molecule has 2 aromatic heterocycles. The topological polar surface area (TPSA) is 51.8 Å². The third kappa shape index (κ3) is 5.72. The second-order valence-electron chi connectivity index (χ2n) is 14.1. The smallest absolute Gasteiger partial charge is 0.164 e. The number of aromatic nitrogens is 3. The zero-order valence-corrected chi connectivity index (χ0v) is 29.8. The normalized spacial score (nSPS) is 11.8. The molecule has 0 N–H and O–H groups in total. The lowest BCUT2D eigenvalue weighted by Crippen LogP contribution is -2.38. The van der Waals surface area contributed by atoms with Gasteiger partial charge in [0.05, 0.1) is 8.07 Å². The minimum Gasteiger partial charge on any atom is -0.456 e. The highest BCUT2D eigenvalue weighted by molar-refractivity contribution is 6.90. The van der Waals surface area contributed by atoms with Crippen molar-refractivity contribution < 1.29 is 4.42 Å². The van der Waals surface area contributed by atoms with Gasteiger partial charge < -0.3 is 4.42 Å². The van der Waals surface area contributed by atoms with Gasteiger partial charge in [0.25, 0.3) is 0 Å². The second-order valence-corrected chi connectivity index (χ2v) is 19.1. The lowest BCUT2D eigenvalue weighted by atomic mass is 9.95. The Balaban J connectivity index is 1.11. The fourth-order valence-electron chi connectivity index (χ4n) is 7.10. The van der Waals surface area contributed by atoms with E-state index in [9.17, 15) is 0 Å². The SMILES string of the molecule is C[Si](C)(C)c1ccc(-c2ccc(-c3cccc(-c4nc(-c5ccccc5)nc(-c5ccc6oc7ccccc7c6c5)n4)c3)cc2)c2ccccc12. The van der Waals surface area contributed by atoms with Gasteiger partial charge in [-0.15, -0.1) is 0 Å². The van der Waals surface area contributed by atoms with Gasteiger partial charge >= 0.3 is 0 Å². The van der Waals surface area contributed by atoms with E-state index in [4.69, 9.17) is 19.4 Å². The molecule has 5 heteroatoms. The first kappa shape index (κ1) is 30.9. The maximum atomic E-state index is 6.10. The Kier molecular flexibility index (Phi) is 7.44. The van der Waals surface area contributed by atoms with Crippen LogP contribution in [0.2, 0.25) is 19.6 Å². The number of nitrogens with zero attached hydrogens (tertiary/aromatic N) is 3. The van der Waals surface area contributed by atoms with E-state index in [0.29, 0.717) is 17.5 Å². The van der Waals surface area contributed by atoms with Crippen LogP contribution in [0, 0.1) is 0 Å². The highest BCUT2D eigenvalue weighted by Crippen LogP contribution is 2.35. The number of fused-ring (bicyclic) bond motifs is 4. The Morgan fingerprint density at radius 3 is 1.67 bits per heavy atom. The molecule has 2 heterocycles. The van der Waals surface area contributed by atoms with Gasteiger partial charge in [-0.2, -0.15) is 0 Å². The molecular weight excluding hydrogens is 639 g/mol. The van der Waals surface area contributed by atoms with Crippen LogP contribution in [-0.2, 0) is 0 Å². The van der Waals surface area contributed by atoms with E-state index in [1.54, 1.807) is 0 Å². The summed E-state index contributed by atoms with van der Waals surface area (Å²) in [6, 6.07) is 55.2. The van der Waals surface area contributed by atoms with Crippen molar-refractivity contribution in [1.82, 2.24) is 15.0 Å². The molecule has 0 radical (unpaired) electrons. The van der Waals surface area contributed by atoms with Crippen molar-refractivity contribution in [2.45, 2.75) is 19.6 Å². The first-order valence-electron chi connectivity index (χ1n) is 17.4. The van der Waals surface area contributed by atoms with Crippen LogP contribution in [0.25, 0.3) is 89.1 Å². The van der Waals surface area contributed by atoms with E-state index in [0.717, 1.165) is 49.8 Å². The summed E-state index contributed by atoms with van der Waals surface area (Å²) in [6.45, 7) is 7.25. The molecule has 9 rings (SSSR count). The molecule has 0 fully saturated rings. The average molecular weight is 674 g/mol. The average Bonchev–Trinajstić information content (AvgIpc) is 3.55. The second kappa shape index (κ2) is 12.3. The van der Waals surface area contributed by atoms with Gasteiger partial charge in [-0.1, -0.05) is 152 Å². The third-order valence-corrected chi connectivity index (χ3v) is 11.7. The Morgan fingerprint density at radius 2 is 0.922 bits per heavy atom. The quantitative estimate of drug-likeness (QED) is 0.165. The summed E-state index contributed by atoms with van der Waals surface area (Å²) in [7, 11) is -1.49. The summed E-state index contributed by atoms with van der Waals surface area (Å²) < 4.78 is 6.10. The molecule has 0 bridgehead atoms. The third-order valence-electron chi connectivity index (χ3n) is 9.68. The van der Waals surface area contributed by atoms with E-state index in [2.05, 4.69) is 117 Å². The van der Waals surface area contributed by atoms with Crippen LogP contribution in [-0.4, -0.2) is 23.0 Å². The molecule has 0 aliphatic rings. The summed E-state index contributed by atoms with van der Waals surface area (Å²) in [4.78, 5) is 15.0. The van der Waals surface area contributed by atoms with Crippen LogP contribution in [0.3, 0.4) is 0 Å². The summed E-state index contributed by atoms with van der Waals surface area (Å²) in [5.41, 5.74) is 9.20. The number of hydrogen-bond donors (Lipinski definition) is 0. The van der Waals surface area contributed by atoms with E-state index in [-0.39, 0.29) is 0 Å². The number of furan rings is 1. The van der Waals surface area contributed by atoms with Crippen LogP contribution >= 0.6 is 0 Å². The molecule has 0 spiro atoms. The molecule has 4 nitrogen and oxygen atoms in total. The van der Waals surface area contributed by atoms with Crippen LogP contribution in [0.1, 0.15) is 0 Å². The fraction of sp³-hybridized carbons (Fsp3) is 0.0652. The minimum absolute atomic E-state index is 0.619. The van der Waals surface area contributed by atoms with Crippen molar-refractivity contribution in [1.29, 1.82) is 0 Å². The maximum Gasteiger partial charge on any atom is 0.164 e. The van der Waals surface area contributed by atoms with E-state index in [1.807, 2.05) is 60.7 Å². The summed E-state index contributed by atoms with van der Waals surface area (Å²) in [5, 5.41) is 6.30. The molecule has 0 unspecified atom stereocenters. The van der Waals surface area contributed by atoms with Crippen molar-refractivity contribution in [2.75, 3.05) is 0 Å². The first-order chi connectivity index (χ1) is 24.9. The molecule has 7 aromatic carbocycles. The maximum absolute atomic E-state index is 6.10. The Bertz CT molecular complexity index is 2730. The Morgan fingerprint density at radius 1 is 0.373 bits per heavy atom. The number of rotatable bonds is 6. The number of benzene rings is 7.